The average molecular weight is 296 g/mol. The van der Waals surface area contributed by atoms with Crippen LogP contribution in [0.4, 0.5) is 0 Å². The summed E-state index contributed by atoms with van der Waals surface area (Å²) in [6.07, 6.45) is 0.846. The number of fused-ring (bicyclic) bond motifs is 1. The maximum absolute atomic E-state index is 9.23. The van der Waals surface area contributed by atoms with Crippen LogP contribution in [0.15, 0.2) is 18.2 Å². The lowest BCUT2D eigenvalue weighted by atomic mass is 10.2. The monoisotopic (exact) mass is 295 g/mol. The summed E-state index contributed by atoms with van der Waals surface area (Å²) in [5, 5.41) is 13.3. The van der Waals surface area contributed by atoms with Crippen LogP contribution in [0.25, 0.3) is 11.0 Å². The van der Waals surface area contributed by atoms with E-state index in [9.17, 15) is 5.11 Å². The standard InChI is InChI=1S/C15H22ClN3O/c1-11(2)10-17-6-5-15-18-13-9-12(16)3-4-14(13)19(15)7-8-20/h3-4,9,11,17,20H,5-8,10H2,1-2H3. The number of imidazole rings is 1. The molecule has 0 saturated carbocycles. The second kappa shape index (κ2) is 7.07. The van der Waals surface area contributed by atoms with E-state index in [0.717, 1.165) is 36.4 Å². The molecule has 0 aliphatic carbocycles. The Labute approximate surface area is 124 Å². The van der Waals surface area contributed by atoms with Crippen molar-refractivity contribution >= 4 is 22.6 Å². The van der Waals surface area contributed by atoms with Crippen LogP contribution in [0, 0.1) is 5.92 Å². The number of aromatic nitrogens is 2. The molecule has 1 heterocycles. The van der Waals surface area contributed by atoms with Crippen LogP contribution in [-0.4, -0.2) is 34.4 Å². The van der Waals surface area contributed by atoms with E-state index in [1.165, 1.54) is 0 Å². The van der Waals surface area contributed by atoms with Gasteiger partial charge in [0.25, 0.3) is 0 Å². The molecule has 20 heavy (non-hydrogen) atoms. The first-order valence-corrected chi connectivity index (χ1v) is 7.46. The Morgan fingerprint density at radius 3 is 2.90 bits per heavy atom. The van der Waals surface area contributed by atoms with Gasteiger partial charge in [-0.2, -0.15) is 0 Å². The first kappa shape index (κ1) is 15.3. The number of nitrogens with one attached hydrogen (secondary N) is 1. The smallest absolute Gasteiger partial charge is 0.111 e. The molecule has 110 valence electrons. The zero-order valence-electron chi connectivity index (χ0n) is 12.1. The number of hydrogen-bond donors (Lipinski definition) is 2. The Bertz CT molecular complexity index is 565. The summed E-state index contributed by atoms with van der Waals surface area (Å²) in [6.45, 7) is 6.96. The highest BCUT2D eigenvalue weighted by molar-refractivity contribution is 6.31. The zero-order valence-corrected chi connectivity index (χ0v) is 12.8. The highest BCUT2D eigenvalue weighted by atomic mass is 35.5. The van der Waals surface area contributed by atoms with Crippen LogP contribution < -0.4 is 5.32 Å². The van der Waals surface area contributed by atoms with E-state index in [1.807, 2.05) is 18.2 Å². The molecule has 2 N–H and O–H groups in total. The van der Waals surface area contributed by atoms with E-state index in [1.54, 1.807) is 0 Å². The van der Waals surface area contributed by atoms with Gasteiger partial charge in [-0.3, -0.25) is 0 Å². The van der Waals surface area contributed by atoms with E-state index >= 15 is 0 Å². The van der Waals surface area contributed by atoms with Crippen LogP contribution >= 0.6 is 11.6 Å². The molecule has 2 aromatic rings. The molecular formula is C15H22ClN3O. The predicted octanol–water partition coefficient (Wildman–Crippen LogP) is 2.47. The quantitative estimate of drug-likeness (QED) is 0.772. The van der Waals surface area contributed by atoms with Crippen LogP contribution in [0.2, 0.25) is 5.02 Å². The van der Waals surface area contributed by atoms with Gasteiger partial charge in [0.1, 0.15) is 5.82 Å². The van der Waals surface area contributed by atoms with E-state index in [0.29, 0.717) is 17.5 Å². The fourth-order valence-electron chi connectivity index (χ4n) is 2.28. The topological polar surface area (TPSA) is 50.1 Å². The van der Waals surface area contributed by atoms with Crippen LogP contribution in [-0.2, 0) is 13.0 Å². The summed E-state index contributed by atoms with van der Waals surface area (Å²) in [7, 11) is 0. The predicted molar refractivity (Wildman–Crippen MR) is 83.2 cm³/mol. The summed E-state index contributed by atoms with van der Waals surface area (Å²) in [6, 6.07) is 5.70. The van der Waals surface area contributed by atoms with Gasteiger partial charge in [-0.25, -0.2) is 4.98 Å². The maximum Gasteiger partial charge on any atom is 0.111 e. The molecule has 4 nitrogen and oxygen atoms in total. The molecule has 5 heteroatoms. The van der Waals surface area contributed by atoms with Gasteiger partial charge in [-0.1, -0.05) is 25.4 Å². The zero-order chi connectivity index (χ0) is 14.5. The Kier molecular flexibility index (Phi) is 5.40. The van der Waals surface area contributed by atoms with E-state index in [-0.39, 0.29) is 6.61 Å². The lowest BCUT2D eigenvalue weighted by Crippen LogP contribution is -2.23. The summed E-state index contributed by atoms with van der Waals surface area (Å²) >= 11 is 6.01. The van der Waals surface area contributed by atoms with Crippen LogP contribution in [0.1, 0.15) is 19.7 Å². The molecule has 0 spiro atoms. The molecule has 1 aromatic heterocycles. The Morgan fingerprint density at radius 2 is 2.20 bits per heavy atom. The molecule has 0 atom stereocenters. The Morgan fingerprint density at radius 1 is 1.40 bits per heavy atom. The van der Waals surface area contributed by atoms with Gasteiger partial charge in [-0.05, 0) is 30.7 Å². The van der Waals surface area contributed by atoms with Crippen molar-refractivity contribution in [1.82, 2.24) is 14.9 Å². The van der Waals surface area contributed by atoms with Gasteiger partial charge in [0.2, 0.25) is 0 Å². The fourth-order valence-corrected chi connectivity index (χ4v) is 2.45. The second-order valence-electron chi connectivity index (χ2n) is 5.38. The highest BCUT2D eigenvalue weighted by Gasteiger charge is 2.10. The Balaban J connectivity index is 2.16. The van der Waals surface area contributed by atoms with Crippen molar-refractivity contribution in [3.8, 4) is 0 Å². The molecule has 0 unspecified atom stereocenters. The van der Waals surface area contributed by atoms with Crippen molar-refractivity contribution in [2.24, 2.45) is 5.92 Å². The SMILES string of the molecule is CC(C)CNCCc1nc2cc(Cl)ccc2n1CCO. The summed E-state index contributed by atoms with van der Waals surface area (Å²) < 4.78 is 2.07. The number of halogens is 1. The van der Waals surface area contributed by atoms with Crippen molar-refractivity contribution in [2.45, 2.75) is 26.8 Å². The fraction of sp³-hybridized carbons (Fsp3) is 0.533. The van der Waals surface area contributed by atoms with Gasteiger partial charge in [0.05, 0.1) is 17.6 Å². The molecule has 0 bridgehead atoms. The van der Waals surface area contributed by atoms with Gasteiger partial charge in [0.15, 0.2) is 0 Å². The van der Waals surface area contributed by atoms with Gasteiger partial charge >= 0.3 is 0 Å². The third-order valence-corrected chi connectivity index (χ3v) is 3.43. The number of aliphatic hydroxyl groups excluding tert-OH is 1. The number of hydrogen-bond acceptors (Lipinski definition) is 3. The molecule has 2 rings (SSSR count). The van der Waals surface area contributed by atoms with E-state index in [2.05, 4.69) is 28.7 Å². The maximum atomic E-state index is 9.23. The lowest BCUT2D eigenvalue weighted by molar-refractivity contribution is 0.276. The van der Waals surface area contributed by atoms with Crippen molar-refractivity contribution in [2.75, 3.05) is 19.7 Å². The van der Waals surface area contributed by atoms with Crippen molar-refractivity contribution < 1.29 is 5.11 Å². The average Bonchev–Trinajstić information content (AvgIpc) is 2.72. The minimum absolute atomic E-state index is 0.112. The molecule has 0 saturated heterocycles. The minimum atomic E-state index is 0.112. The summed E-state index contributed by atoms with van der Waals surface area (Å²) in [4.78, 5) is 4.64. The van der Waals surface area contributed by atoms with E-state index < -0.39 is 0 Å². The van der Waals surface area contributed by atoms with Crippen molar-refractivity contribution in [3.05, 3.63) is 29.0 Å². The molecule has 0 aliphatic rings. The molecule has 1 aromatic carbocycles. The van der Waals surface area contributed by atoms with Gasteiger partial charge in [0, 0.05) is 24.5 Å². The van der Waals surface area contributed by atoms with Crippen molar-refractivity contribution in [1.29, 1.82) is 0 Å². The number of nitrogens with zero attached hydrogens (tertiary/aromatic N) is 2. The van der Waals surface area contributed by atoms with Gasteiger partial charge < -0.3 is 15.0 Å². The van der Waals surface area contributed by atoms with Crippen molar-refractivity contribution in [3.63, 3.8) is 0 Å². The largest absolute Gasteiger partial charge is 0.395 e. The lowest BCUT2D eigenvalue weighted by Gasteiger charge is -2.09. The molecular weight excluding hydrogens is 274 g/mol. The number of rotatable bonds is 7. The minimum Gasteiger partial charge on any atom is -0.395 e. The number of aliphatic hydroxyl groups is 1. The highest BCUT2D eigenvalue weighted by Crippen LogP contribution is 2.20. The molecule has 0 radical (unpaired) electrons. The third-order valence-electron chi connectivity index (χ3n) is 3.19. The second-order valence-corrected chi connectivity index (χ2v) is 5.82. The molecule has 0 aliphatic heterocycles. The van der Waals surface area contributed by atoms with Crippen LogP contribution in [0.3, 0.4) is 0 Å². The summed E-state index contributed by atoms with van der Waals surface area (Å²) in [5.41, 5.74) is 1.92. The van der Waals surface area contributed by atoms with E-state index in [4.69, 9.17) is 11.6 Å². The first-order valence-electron chi connectivity index (χ1n) is 7.08. The molecule has 0 amide bonds. The molecule has 0 fully saturated rings. The van der Waals surface area contributed by atoms with Crippen LogP contribution in [0.5, 0.6) is 0 Å². The third kappa shape index (κ3) is 3.72. The first-order chi connectivity index (χ1) is 9.61. The number of benzene rings is 1. The summed E-state index contributed by atoms with van der Waals surface area (Å²) in [5.74, 6) is 1.64. The normalized spacial score (nSPS) is 11.7. The Hall–Kier alpha value is -1.10. The van der Waals surface area contributed by atoms with Gasteiger partial charge in [-0.15, -0.1) is 0 Å².